The van der Waals surface area contributed by atoms with Crippen molar-refractivity contribution in [3.8, 4) is 5.75 Å². The molecule has 1 nitrogen and oxygen atoms in total. The predicted molar refractivity (Wildman–Crippen MR) is 88.3 cm³/mol. The Balaban J connectivity index is 0.000000584. The van der Waals surface area contributed by atoms with Crippen LogP contribution >= 0.6 is 0 Å². The molecule has 1 heteroatoms. The van der Waals surface area contributed by atoms with Crippen molar-refractivity contribution in [3.05, 3.63) is 29.8 Å². The average molecular weight is 276 g/mol. The Morgan fingerprint density at radius 3 is 1.75 bits per heavy atom. The Bertz CT molecular complexity index is 310. The predicted octanol–water partition coefficient (Wildman–Crippen LogP) is 6.25. The Kier molecular flexibility index (Phi) is 10.1. The molecule has 1 fully saturated rings. The normalized spacial score (nSPS) is 12.7. The van der Waals surface area contributed by atoms with Gasteiger partial charge in [0.1, 0.15) is 5.75 Å². The van der Waals surface area contributed by atoms with Crippen molar-refractivity contribution in [3.63, 3.8) is 0 Å². The van der Waals surface area contributed by atoms with Crippen LogP contribution in [0.3, 0.4) is 0 Å². The molecule has 1 aliphatic rings. The molecule has 0 atom stereocenters. The molecule has 1 aromatic rings. The van der Waals surface area contributed by atoms with Crippen LogP contribution in [0.5, 0.6) is 5.75 Å². The van der Waals surface area contributed by atoms with Crippen LogP contribution in [-0.2, 0) is 6.42 Å². The summed E-state index contributed by atoms with van der Waals surface area (Å²) in [5, 5.41) is 9.17. The third-order valence-corrected chi connectivity index (χ3v) is 3.61. The fraction of sp³-hybridized carbons (Fsp3) is 0.684. The van der Waals surface area contributed by atoms with Crippen LogP contribution in [0.2, 0.25) is 0 Å². The van der Waals surface area contributed by atoms with E-state index in [-0.39, 0.29) is 0 Å². The molecule has 0 saturated heterocycles. The molecule has 0 heterocycles. The number of hydrogen-bond acceptors (Lipinski definition) is 1. The Hall–Kier alpha value is -0.980. The highest BCUT2D eigenvalue weighted by molar-refractivity contribution is 5.25. The summed E-state index contributed by atoms with van der Waals surface area (Å²) < 4.78 is 0. The third-order valence-electron chi connectivity index (χ3n) is 3.61. The van der Waals surface area contributed by atoms with Gasteiger partial charge in [-0.1, -0.05) is 83.3 Å². The van der Waals surface area contributed by atoms with Crippen LogP contribution < -0.4 is 0 Å². The number of phenolic OH excluding ortho intramolecular Hbond substituents is 1. The molecule has 1 saturated carbocycles. The number of hydrogen-bond donors (Lipinski definition) is 1. The van der Waals surface area contributed by atoms with Crippen LogP contribution in [0.25, 0.3) is 0 Å². The molecule has 114 valence electrons. The minimum absolute atomic E-state index is 0.365. The fourth-order valence-electron chi connectivity index (χ4n) is 2.13. The van der Waals surface area contributed by atoms with Crippen molar-refractivity contribution in [2.24, 2.45) is 0 Å². The van der Waals surface area contributed by atoms with E-state index in [4.69, 9.17) is 5.11 Å². The molecule has 0 radical (unpaired) electrons. The topological polar surface area (TPSA) is 20.2 Å². The van der Waals surface area contributed by atoms with Crippen LogP contribution in [-0.4, -0.2) is 5.11 Å². The van der Waals surface area contributed by atoms with E-state index < -0.39 is 0 Å². The van der Waals surface area contributed by atoms with Gasteiger partial charge in [-0.15, -0.1) is 0 Å². The highest BCUT2D eigenvalue weighted by atomic mass is 16.3. The molecular weight excluding hydrogens is 244 g/mol. The van der Waals surface area contributed by atoms with Gasteiger partial charge in [-0.25, -0.2) is 0 Å². The van der Waals surface area contributed by atoms with Gasteiger partial charge in [-0.3, -0.25) is 0 Å². The summed E-state index contributed by atoms with van der Waals surface area (Å²) in [7, 11) is 0. The van der Waals surface area contributed by atoms with Crippen molar-refractivity contribution in [1.29, 1.82) is 0 Å². The molecule has 1 N–H and O–H groups in total. The first-order chi connectivity index (χ1) is 9.83. The van der Waals surface area contributed by atoms with Gasteiger partial charge in [-0.2, -0.15) is 0 Å². The lowest BCUT2D eigenvalue weighted by Crippen LogP contribution is -1.86. The van der Waals surface area contributed by atoms with Gasteiger partial charge in [0, 0.05) is 0 Å². The minimum atomic E-state index is 0.365. The lowest BCUT2D eigenvalue weighted by molar-refractivity contribution is 0.475. The van der Waals surface area contributed by atoms with Gasteiger partial charge < -0.3 is 5.11 Å². The highest BCUT2D eigenvalue weighted by Gasteiger charge is 1.95. The molecule has 0 aliphatic heterocycles. The van der Waals surface area contributed by atoms with Crippen LogP contribution in [0.4, 0.5) is 0 Å². The van der Waals surface area contributed by atoms with Crippen molar-refractivity contribution >= 4 is 0 Å². The first-order valence-electron chi connectivity index (χ1n) is 8.61. The summed E-state index contributed by atoms with van der Waals surface area (Å²) in [4.78, 5) is 0. The maximum absolute atomic E-state index is 9.17. The zero-order chi connectivity index (χ0) is 14.5. The van der Waals surface area contributed by atoms with Gasteiger partial charge in [0.05, 0.1) is 0 Å². The number of aryl methyl sites for hydroxylation is 1. The number of aromatic hydroxyl groups is 1. The van der Waals surface area contributed by atoms with Crippen molar-refractivity contribution in [1.82, 2.24) is 0 Å². The van der Waals surface area contributed by atoms with Gasteiger partial charge in [0.2, 0.25) is 0 Å². The monoisotopic (exact) mass is 276 g/mol. The Labute approximate surface area is 125 Å². The van der Waals surface area contributed by atoms with E-state index >= 15 is 0 Å². The first kappa shape index (κ1) is 17.1. The molecule has 0 bridgehead atoms. The maximum Gasteiger partial charge on any atom is 0.115 e. The van der Waals surface area contributed by atoms with E-state index in [9.17, 15) is 0 Å². The van der Waals surface area contributed by atoms with Gasteiger partial charge in [0.15, 0.2) is 0 Å². The molecule has 0 spiro atoms. The molecule has 2 rings (SSSR count). The molecule has 0 aromatic heterocycles. The zero-order valence-corrected chi connectivity index (χ0v) is 13.2. The van der Waals surface area contributed by atoms with E-state index in [0.29, 0.717) is 5.75 Å². The number of phenols is 1. The summed E-state index contributed by atoms with van der Waals surface area (Å²) in [6.07, 6.45) is 16.6. The largest absolute Gasteiger partial charge is 0.508 e. The van der Waals surface area contributed by atoms with E-state index in [0.717, 1.165) is 6.42 Å². The van der Waals surface area contributed by atoms with Crippen LogP contribution in [0.1, 0.15) is 83.1 Å². The highest BCUT2D eigenvalue weighted by Crippen LogP contribution is 2.15. The summed E-state index contributed by atoms with van der Waals surface area (Å²) >= 11 is 0. The fourth-order valence-corrected chi connectivity index (χ4v) is 2.13. The summed E-state index contributed by atoms with van der Waals surface area (Å²) in [5.74, 6) is 0.365. The molecule has 0 amide bonds. The molecule has 1 aromatic carbocycles. The van der Waals surface area contributed by atoms with E-state index in [2.05, 4.69) is 6.92 Å². The number of rotatable bonds is 9. The summed E-state index contributed by atoms with van der Waals surface area (Å²) in [6.45, 7) is 2.26. The smallest absolute Gasteiger partial charge is 0.115 e. The SMILES string of the molecule is C1CC1.CCCCCCCCCCc1ccc(O)cc1. The summed E-state index contributed by atoms with van der Waals surface area (Å²) in [6, 6.07) is 7.60. The van der Waals surface area contributed by atoms with Gasteiger partial charge in [0.25, 0.3) is 0 Å². The molecular formula is C19H32O. The van der Waals surface area contributed by atoms with E-state index in [1.807, 2.05) is 12.1 Å². The van der Waals surface area contributed by atoms with Crippen LogP contribution in [0.15, 0.2) is 24.3 Å². The number of unbranched alkanes of at least 4 members (excludes halogenated alkanes) is 7. The second-order valence-electron chi connectivity index (χ2n) is 5.95. The first-order valence-corrected chi connectivity index (χ1v) is 8.61. The van der Waals surface area contributed by atoms with Gasteiger partial charge in [-0.05, 0) is 30.5 Å². The Morgan fingerprint density at radius 2 is 1.25 bits per heavy atom. The standard InChI is InChI=1S/C16H26O.C3H6/c1-2-3-4-5-6-7-8-9-10-15-11-13-16(17)14-12-15;1-2-3-1/h11-14,17H,2-10H2,1H3;1-3H2. The summed E-state index contributed by atoms with van der Waals surface area (Å²) in [5.41, 5.74) is 1.34. The number of benzene rings is 1. The zero-order valence-electron chi connectivity index (χ0n) is 13.2. The lowest BCUT2D eigenvalue weighted by atomic mass is 10.0. The van der Waals surface area contributed by atoms with Crippen LogP contribution in [0, 0.1) is 0 Å². The van der Waals surface area contributed by atoms with Crippen molar-refractivity contribution in [2.75, 3.05) is 0 Å². The lowest BCUT2D eigenvalue weighted by Gasteiger charge is -2.02. The van der Waals surface area contributed by atoms with E-state index in [1.54, 1.807) is 12.1 Å². The Morgan fingerprint density at radius 1 is 0.750 bits per heavy atom. The van der Waals surface area contributed by atoms with E-state index in [1.165, 1.54) is 76.2 Å². The quantitative estimate of drug-likeness (QED) is 0.529. The third kappa shape index (κ3) is 10.9. The molecule has 1 aliphatic carbocycles. The molecule has 20 heavy (non-hydrogen) atoms. The second kappa shape index (κ2) is 11.8. The van der Waals surface area contributed by atoms with Gasteiger partial charge >= 0.3 is 0 Å². The maximum atomic E-state index is 9.17. The molecule has 0 unspecified atom stereocenters. The second-order valence-corrected chi connectivity index (χ2v) is 5.95. The minimum Gasteiger partial charge on any atom is -0.508 e. The van der Waals surface area contributed by atoms with Crippen molar-refractivity contribution < 1.29 is 5.11 Å². The van der Waals surface area contributed by atoms with Crippen molar-refractivity contribution in [2.45, 2.75) is 84.0 Å². The average Bonchev–Trinajstić information content (AvgIpc) is 3.32.